The molecule has 0 N–H and O–H groups in total. The van der Waals surface area contributed by atoms with Crippen molar-refractivity contribution in [1.29, 1.82) is 0 Å². The highest BCUT2D eigenvalue weighted by Crippen LogP contribution is 2.43. The summed E-state index contributed by atoms with van der Waals surface area (Å²) in [7, 11) is 1.95. The molecule has 0 amide bonds. The first-order valence-corrected chi connectivity index (χ1v) is 6.76. The maximum atomic E-state index is 5.15. The van der Waals surface area contributed by atoms with E-state index in [2.05, 4.69) is 47.8 Å². The summed E-state index contributed by atoms with van der Waals surface area (Å²) in [6.45, 7) is 0. The lowest BCUT2D eigenvalue weighted by atomic mass is 11.8. The number of alkyl halides is 3. The molecule has 7 heteroatoms. The highest BCUT2D eigenvalue weighted by molar-refractivity contribution is 9.40. The quantitative estimate of drug-likeness (QED) is 0.561. The van der Waals surface area contributed by atoms with Crippen molar-refractivity contribution >= 4 is 56.6 Å². The SMILES string of the molecule is CO[Si](OC)(OC)C(Br)(Br)Br. The van der Waals surface area contributed by atoms with Gasteiger partial charge in [-0.2, -0.15) is 0 Å². The van der Waals surface area contributed by atoms with Gasteiger partial charge < -0.3 is 13.3 Å². The Morgan fingerprint density at radius 1 is 0.909 bits per heavy atom. The van der Waals surface area contributed by atoms with E-state index in [0.29, 0.717) is 0 Å². The Morgan fingerprint density at radius 3 is 1.18 bits per heavy atom. The fourth-order valence-corrected chi connectivity index (χ4v) is 6.16. The molecule has 0 fully saturated rings. The molecule has 0 unspecified atom stereocenters. The van der Waals surface area contributed by atoms with E-state index in [1.165, 1.54) is 21.3 Å². The molecule has 0 spiro atoms. The topological polar surface area (TPSA) is 27.7 Å². The molecule has 0 aromatic heterocycles. The van der Waals surface area contributed by atoms with Crippen LogP contribution in [0.2, 0.25) is 0 Å². The fraction of sp³-hybridized carbons (Fsp3) is 1.00. The Hall–Kier alpha value is 1.54. The first-order chi connectivity index (χ1) is 4.93. The van der Waals surface area contributed by atoms with Crippen molar-refractivity contribution in [2.75, 3.05) is 21.3 Å². The van der Waals surface area contributed by atoms with Gasteiger partial charge in [-0.25, -0.2) is 0 Å². The molecule has 68 valence electrons. The molecule has 0 heterocycles. The average Bonchev–Trinajstić information content (AvgIpc) is 1.90. The van der Waals surface area contributed by atoms with Crippen LogP contribution in [0, 0.1) is 0 Å². The van der Waals surface area contributed by atoms with Crippen LogP contribution in [0.5, 0.6) is 0 Å². The molecule has 0 aliphatic carbocycles. The lowest BCUT2D eigenvalue weighted by Crippen LogP contribution is -2.54. The third kappa shape index (κ3) is 2.75. The summed E-state index contributed by atoms with van der Waals surface area (Å²) in [4.78, 5) is 0. The molecule has 3 nitrogen and oxygen atoms in total. The molecule has 0 atom stereocenters. The van der Waals surface area contributed by atoms with Gasteiger partial charge in [0, 0.05) is 21.3 Å². The number of rotatable bonds is 3. The molecular formula is C4H9Br3O3Si. The van der Waals surface area contributed by atoms with Gasteiger partial charge in [-0.1, -0.05) is 47.8 Å². The minimum absolute atomic E-state index is 0.627. The summed E-state index contributed by atoms with van der Waals surface area (Å²) in [6, 6.07) is 0. The molecule has 0 aromatic rings. The minimum Gasteiger partial charge on any atom is -0.375 e. The van der Waals surface area contributed by atoms with Gasteiger partial charge in [0.2, 0.25) is 1.77 Å². The van der Waals surface area contributed by atoms with Crippen LogP contribution in [0.3, 0.4) is 0 Å². The van der Waals surface area contributed by atoms with E-state index in [-0.39, 0.29) is 0 Å². The smallest absolute Gasteiger partial charge is 0.375 e. The second-order valence-electron chi connectivity index (χ2n) is 1.67. The first kappa shape index (κ1) is 12.5. The number of hydrogen-bond acceptors (Lipinski definition) is 3. The summed E-state index contributed by atoms with van der Waals surface area (Å²) in [5.74, 6) is 0. The van der Waals surface area contributed by atoms with Crippen LogP contribution in [0.1, 0.15) is 0 Å². The van der Waals surface area contributed by atoms with Gasteiger partial charge in [-0.05, 0) is 0 Å². The van der Waals surface area contributed by atoms with Crippen LogP contribution in [0.4, 0.5) is 0 Å². The van der Waals surface area contributed by atoms with Crippen LogP contribution < -0.4 is 0 Å². The number of halogens is 3. The molecule has 11 heavy (non-hydrogen) atoms. The molecule has 0 aromatic carbocycles. The molecule has 0 radical (unpaired) electrons. The largest absolute Gasteiger partial charge is 0.540 e. The Balaban J connectivity index is 4.54. The predicted molar refractivity (Wildman–Crippen MR) is 56.3 cm³/mol. The van der Waals surface area contributed by atoms with Crippen LogP contribution in [0.15, 0.2) is 0 Å². The highest BCUT2D eigenvalue weighted by Gasteiger charge is 2.56. The zero-order valence-electron chi connectivity index (χ0n) is 6.36. The lowest BCUT2D eigenvalue weighted by molar-refractivity contribution is 0.127. The molecule has 0 saturated carbocycles. The summed E-state index contributed by atoms with van der Waals surface area (Å²) >= 11 is 9.91. The Bertz CT molecular complexity index is 114. The van der Waals surface area contributed by atoms with E-state index in [4.69, 9.17) is 13.3 Å². The van der Waals surface area contributed by atoms with E-state index >= 15 is 0 Å². The summed E-state index contributed by atoms with van der Waals surface area (Å²) in [6.07, 6.45) is 0. The molecule has 0 bridgehead atoms. The molecule has 0 aliphatic rings. The van der Waals surface area contributed by atoms with Crippen molar-refractivity contribution < 1.29 is 13.3 Å². The minimum atomic E-state index is -2.67. The zero-order chi connectivity index (χ0) is 9.12. The van der Waals surface area contributed by atoms with Gasteiger partial charge in [0.15, 0.2) is 0 Å². The van der Waals surface area contributed by atoms with E-state index in [1.54, 1.807) is 0 Å². The Labute approximate surface area is 92.5 Å². The van der Waals surface area contributed by atoms with Crippen LogP contribution in [-0.2, 0) is 13.3 Å². The summed E-state index contributed by atoms with van der Waals surface area (Å²) in [5, 5.41) is 0. The van der Waals surface area contributed by atoms with Crippen molar-refractivity contribution in [2.24, 2.45) is 0 Å². The van der Waals surface area contributed by atoms with Gasteiger partial charge in [0.05, 0.1) is 0 Å². The summed E-state index contributed by atoms with van der Waals surface area (Å²) in [5.41, 5.74) is 0. The van der Waals surface area contributed by atoms with E-state index in [0.717, 1.165) is 0 Å². The van der Waals surface area contributed by atoms with Crippen molar-refractivity contribution in [3.63, 3.8) is 0 Å². The maximum Gasteiger partial charge on any atom is 0.540 e. The summed E-state index contributed by atoms with van der Waals surface area (Å²) < 4.78 is 14.8. The van der Waals surface area contributed by atoms with Gasteiger partial charge in [-0.3, -0.25) is 0 Å². The third-order valence-electron chi connectivity index (χ3n) is 1.15. The highest BCUT2D eigenvalue weighted by atomic mass is 80.0. The standard InChI is InChI=1S/C4H9Br3O3Si/c1-8-11(9-2,10-3)4(5,6)7/h1-3H3. The third-order valence-corrected chi connectivity index (χ3v) is 7.83. The second kappa shape index (κ2) is 4.68. The van der Waals surface area contributed by atoms with Gasteiger partial charge in [-0.15, -0.1) is 0 Å². The van der Waals surface area contributed by atoms with Gasteiger partial charge >= 0.3 is 8.80 Å². The molecule has 0 rings (SSSR count). The van der Waals surface area contributed by atoms with Crippen molar-refractivity contribution in [3.8, 4) is 0 Å². The predicted octanol–water partition coefficient (Wildman–Crippen LogP) is 2.24. The van der Waals surface area contributed by atoms with Gasteiger partial charge in [0.25, 0.3) is 0 Å². The molecular weight excluding hydrogens is 364 g/mol. The fourth-order valence-electron chi connectivity index (χ4n) is 0.597. The zero-order valence-corrected chi connectivity index (χ0v) is 12.1. The Kier molecular flexibility index (Phi) is 5.34. The first-order valence-electron chi connectivity index (χ1n) is 2.65. The molecule has 0 aliphatic heterocycles. The van der Waals surface area contributed by atoms with Crippen LogP contribution >= 0.6 is 47.8 Å². The van der Waals surface area contributed by atoms with Gasteiger partial charge in [0.1, 0.15) is 0 Å². The maximum absolute atomic E-state index is 5.15. The van der Waals surface area contributed by atoms with Crippen molar-refractivity contribution in [3.05, 3.63) is 0 Å². The molecule has 0 saturated heterocycles. The second-order valence-corrected chi connectivity index (χ2v) is 13.7. The Morgan fingerprint density at radius 2 is 1.18 bits per heavy atom. The lowest BCUT2D eigenvalue weighted by Gasteiger charge is -2.30. The van der Waals surface area contributed by atoms with Crippen molar-refractivity contribution in [1.82, 2.24) is 0 Å². The van der Waals surface area contributed by atoms with E-state index < -0.39 is 10.6 Å². The normalized spacial score (nSPS) is 13.6. The van der Waals surface area contributed by atoms with Crippen LogP contribution in [-0.4, -0.2) is 31.9 Å². The van der Waals surface area contributed by atoms with E-state index in [1.807, 2.05) is 0 Å². The number of hydrogen-bond donors (Lipinski definition) is 0. The van der Waals surface area contributed by atoms with E-state index in [9.17, 15) is 0 Å². The van der Waals surface area contributed by atoms with Crippen molar-refractivity contribution in [2.45, 2.75) is 1.77 Å². The monoisotopic (exact) mass is 370 g/mol. The average molecular weight is 373 g/mol. The van der Waals surface area contributed by atoms with Crippen LogP contribution in [0.25, 0.3) is 0 Å².